The SMILES string of the molecule is CCCN(C(=O)c1cn(CCC)c2ccccc12)c1ccc(Oc2cccnc2)cc1.O=C(O)C(F)(F)F. The predicted molar refractivity (Wildman–Crippen MR) is 139 cm³/mol. The van der Waals surface area contributed by atoms with Gasteiger partial charge in [0.15, 0.2) is 0 Å². The number of anilines is 1. The predicted octanol–water partition coefficient (Wildman–Crippen LogP) is 6.93. The number of fused-ring (bicyclic) bond motifs is 1. The molecule has 200 valence electrons. The number of carbonyl (C=O) groups excluding carboxylic acids is 1. The summed E-state index contributed by atoms with van der Waals surface area (Å²) in [6.07, 6.45) is 2.18. The number of rotatable bonds is 8. The number of para-hydroxylation sites is 1. The van der Waals surface area contributed by atoms with Crippen molar-refractivity contribution < 1.29 is 32.6 Å². The van der Waals surface area contributed by atoms with E-state index in [2.05, 4.69) is 29.5 Å². The highest BCUT2D eigenvalue weighted by Gasteiger charge is 2.38. The summed E-state index contributed by atoms with van der Waals surface area (Å²) in [6, 6.07) is 19.5. The van der Waals surface area contributed by atoms with Crippen molar-refractivity contribution in [3.8, 4) is 11.5 Å². The molecule has 10 heteroatoms. The first-order chi connectivity index (χ1) is 18.2. The molecule has 0 atom stereocenters. The molecule has 0 bridgehead atoms. The van der Waals surface area contributed by atoms with Crippen LogP contribution in [0.4, 0.5) is 18.9 Å². The second-order valence-electron chi connectivity index (χ2n) is 8.30. The molecule has 1 amide bonds. The van der Waals surface area contributed by atoms with E-state index in [1.807, 2.05) is 65.7 Å². The maximum Gasteiger partial charge on any atom is 0.490 e. The first-order valence-electron chi connectivity index (χ1n) is 12.0. The summed E-state index contributed by atoms with van der Waals surface area (Å²) in [5, 5.41) is 8.12. The Morgan fingerprint density at radius 3 is 2.24 bits per heavy atom. The van der Waals surface area contributed by atoms with E-state index in [4.69, 9.17) is 14.6 Å². The number of ether oxygens (including phenoxy) is 1. The minimum atomic E-state index is -5.08. The van der Waals surface area contributed by atoms with Crippen LogP contribution in [0.25, 0.3) is 10.9 Å². The molecule has 0 saturated carbocycles. The zero-order valence-corrected chi connectivity index (χ0v) is 21.0. The third-order valence-electron chi connectivity index (χ3n) is 5.44. The van der Waals surface area contributed by atoms with Crippen LogP contribution in [0, 0.1) is 0 Å². The van der Waals surface area contributed by atoms with Gasteiger partial charge >= 0.3 is 12.1 Å². The fourth-order valence-corrected chi connectivity index (χ4v) is 3.80. The Balaban J connectivity index is 0.000000505. The average molecular weight is 528 g/mol. The standard InChI is InChI=1S/C26H27N3O2.C2HF3O2/c1-3-16-28-19-24(23-9-5-6-10-25(23)28)26(30)29(17-4-2)20-11-13-21(14-12-20)31-22-8-7-15-27-18-22;3-2(4,5)1(6)7/h5-15,18-19H,3-4,16-17H2,1-2H3;(H,6,7). The molecule has 38 heavy (non-hydrogen) atoms. The summed E-state index contributed by atoms with van der Waals surface area (Å²) in [7, 11) is 0. The van der Waals surface area contributed by atoms with Gasteiger partial charge in [0.05, 0.1) is 11.8 Å². The lowest BCUT2D eigenvalue weighted by Crippen LogP contribution is -2.31. The number of aliphatic carboxylic acids is 1. The molecule has 2 aromatic heterocycles. The Kier molecular flexibility index (Phi) is 9.48. The van der Waals surface area contributed by atoms with Gasteiger partial charge in [-0.1, -0.05) is 32.0 Å². The van der Waals surface area contributed by atoms with E-state index in [0.29, 0.717) is 18.0 Å². The fourth-order valence-electron chi connectivity index (χ4n) is 3.80. The van der Waals surface area contributed by atoms with Gasteiger partial charge in [0.1, 0.15) is 11.5 Å². The Morgan fingerprint density at radius 1 is 0.974 bits per heavy atom. The van der Waals surface area contributed by atoms with Gasteiger partial charge in [-0.2, -0.15) is 13.2 Å². The van der Waals surface area contributed by atoms with Crippen molar-refractivity contribution in [3.63, 3.8) is 0 Å². The van der Waals surface area contributed by atoms with Crippen molar-refractivity contribution in [2.24, 2.45) is 0 Å². The van der Waals surface area contributed by atoms with Gasteiger partial charge in [0.25, 0.3) is 5.91 Å². The number of benzene rings is 2. The normalized spacial score (nSPS) is 11.0. The maximum absolute atomic E-state index is 13.6. The quantitative estimate of drug-likeness (QED) is 0.269. The average Bonchev–Trinajstić information content (AvgIpc) is 3.27. The van der Waals surface area contributed by atoms with Gasteiger partial charge in [-0.05, 0) is 55.3 Å². The summed E-state index contributed by atoms with van der Waals surface area (Å²) in [5.41, 5.74) is 2.70. The molecular formula is C28H28F3N3O4. The fraction of sp³-hybridized carbons (Fsp3) is 0.250. The molecule has 0 aliphatic rings. The topological polar surface area (TPSA) is 84.7 Å². The van der Waals surface area contributed by atoms with Crippen LogP contribution >= 0.6 is 0 Å². The number of carbonyl (C=O) groups is 2. The van der Waals surface area contributed by atoms with Crippen LogP contribution < -0.4 is 9.64 Å². The lowest BCUT2D eigenvalue weighted by molar-refractivity contribution is -0.192. The molecule has 2 heterocycles. The van der Waals surface area contributed by atoms with Crippen molar-refractivity contribution >= 4 is 28.5 Å². The number of carboxylic acids is 1. The largest absolute Gasteiger partial charge is 0.490 e. The van der Waals surface area contributed by atoms with Crippen molar-refractivity contribution in [1.82, 2.24) is 9.55 Å². The molecule has 7 nitrogen and oxygen atoms in total. The Hall–Kier alpha value is -4.34. The second kappa shape index (κ2) is 12.8. The third kappa shape index (κ3) is 7.12. The number of halogens is 3. The monoisotopic (exact) mass is 527 g/mol. The smallest absolute Gasteiger partial charge is 0.475 e. The molecule has 2 aromatic carbocycles. The Morgan fingerprint density at radius 2 is 1.66 bits per heavy atom. The molecule has 0 radical (unpaired) electrons. The van der Waals surface area contributed by atoms with Gasteiger partial charge in [0.2, 0.25) is 0 Å². The molecule has 0 spiro atoms. The Labute approximate surface area is 218 Å². The first-order valence-corrected chi connectivity index (χ1v) is 12.0. The van der Waals surface area contributed by atoms with Gasteiger partial charge < -0.3 is 19.3 Å². The zero-order chi connectivity index (χ0) is 27.7. The van der Waals surface area contributed by atoms with Crippen LogP contribution in [0.1, 0.15) is 37.0 Å². The van der Waals surface area contributed by atoms with E-state index in [9.17, 15) is 18.0 Å². The van der Waals surface area contributed by atoms with Gasteiger partial charge in [0, 0.05) is 42.1 Å². The van der Waals surface area contributed by atoms with E-state index >= 15 is 0 Å². The van der Waals surface area contributed by atoms with Crippen LogP contribution in [0.5, 0.6) is 11.5 Å². The van der Waals surface area contributed by atoms with Crippen LogP contribution in [0.15, 0.2) is 79.3 Å². The van der Waals surface area contributed by atoms with Crippen molar-refractivity contribution in [2.45, 2.75) is 39.4 Å². The molecule has 1 N–H and O–H groups in total. The van der Waals surface area contributed by atoms with Gasteiger partial charge in [-0.3, -0.25) is 9.78 Å². The zero-order valence-electron chi connectivity index (χ0n) is 21.0. The number of amides is 1. The number of hydrogen-bond acceptors (Lipinski definition) is 4. The Bertz CT molecular complexity index is 1350. The molecular weight excluding hydrogens is 499 g/mol. The van der Waals surface area contributed by atoms with E-state index in [1.165, 1.54) is 0 Å². The molecule has 0 unspecified atom stereocenters. The summed E-state index contributed by atoms with van der Waals surface area (Å²) in [5.74, 6) is -1.35. The molecule has 0 aliphatic carbocycles. The molecule has 0 aliphatic heterocycles. The van der Waals surface area contributed by atoms with Crippen molar-refractivity contribution in [2.75, 3.05) is 11.4 Å². The molecule has 0 fully saturated rings. The summed E-state index contributed by atoms with van der Waals surface area (Å²) < 4.78 is 39.8. The highest BCUT2D eigenvalue weighted by atomic mass is 19.4. The number of aryl methyl sites for hydroxylation is 1. The number of carboxylic acid groups (broad SMARTS) is 1. The summed E-state index contributed by atoms with van der Waals surface area (Å²) in [4.78, 5) is 28.4. The van der Waals surface area contributed by atoms with Crippen LogP contribution in [0.2, 0.25) is 0 Å². The number of hydrogen-bond donors (Lipinski definition) is 1. The van der Waals surface area contributed by atoms with Gasteiger partial charge in [-0.25, -0.2) is 4.79 Å². The van der Waals surface area contributed by atoms with Crippen LogP contribution in [0.3, 0.4) is 0 Å². The molecule has 0 saturated heterocycles. The van der Waals surface area contributed by atoms with Crippen LogP contribution in [-0.4, -0.2) is 39.3 Å². The van der Waals surface area contributed by atoms with E-state index in [1.54, 1.807) is 12.4 Å². The first kappa shape index (κ1) is 28.2. The van der Waals surface area contributed by atoms with E-state index < -0.39 is 12.1 Å². The van der Waals surface area contributed by atoms with E-state index in [0.717, 1.165) is 41.5 Å². The van der Waals surface area contributed by atoms with Crippen LogP contribution in [-0.2, 0) is 11.3 Å². The summed E-state index contributed by atoms with van der Waals surface area (Å²) >= 11 is 0. The lowest BCUT2D eigenvalue weighted by Gasteiger charge is -2.22. The van der Waals surface area contributed by atoms with Crippen molar-refractivity contribution in [3.05, 3.63) is 84.8 Å². The minimum Gasteiger partial charge on any atom is -0.475 e. The number of nitrogens with zero attached hydrogens (tertiary/aromatic N) is 3. The van der Waals surface area contributed by atoms with E-state index in [-0.39, 0.29) is 5.91 Å². The number of pyridine rings is 1. The highest BCUT2D eigenvalue weighted by Crippen LogP contribution is 2.28. The highest BCUT2D eigenvalue weighted by molar-refractivity contribution is 6.14. The molecule has 4 rings (SSSR count). The molecule has 4 aromatic rings. The number of aromatic nitrogens is 2. The number of alkyl halides is 3. The van der Waals surface area contributed by atoms with Crippen molar-refractivity contribution in [1.29, 1.82) is 0 Å². The second-order valence-corrected chi connectivity index (χ2v) is 8.30. The summed E-state index contributed by atoms with van der Waals surface area (Å²) in [6.45, 7) is 5.77. The lowest BCUT2D eigenvalue weighted by atomic mass is 10.1. The third-order valence-corrected chi connectivity index (χ3v) is 5.44. The maximum atomic E-state index is 13.6. The van der Waals surface area contributed by atoms with Gasteiger partial charge in [-0.15, -0.1) is 0 Å². The minimum absolute atomic E-state index is 0.0221.